The number of benzene rings is 1. The third kappa shape index (κ3) is 8.60. The SMILES string of the molecule is Cc1nc(CO[C@@H]2CCN(C(=O)c3ccnc(F)c3)C[C@H]2Cc2ccccc2)cs1.O=C(O)C(F)(F)F. The van der Waals surface area contributed by atoms with Crippen LogP contribution in [0.25, 0.3) is 0 Å². The first-order valence-electron chi connectivity index (χ1n) is 11.3. The van der Waals surface area contributed by atoms with Crippen LogP contribution in [0.15, 0.2) is 54.0 Å². The summed E-state index contributed by atoms with van der Waals surface area (Å²) in [7, 11) is 0. The number of rotatable bonds is 6. The van der Waals surface area contributed by atoms with Crippen molar-refractivity contribution in [3.63, 3.8) is 0 Å². The lowest BCUT2D eigenvalue weighted by atomic mass is 9.88. The van der Waals surface area contributed by atoms with E-state index in [0.29, 0.717) is 25.3 Å². The Labute approximate surface area is 214 Å². The number of aromatic nitrogens is 2. The number of carbonyl (C=O) groups excluding carboxylic acids is 1. The third-order valence-electron chi connectivity index (χ3n) is 5.62. The van der Waals surface area contributed by atoms with Crippen LogP contribution >= 0.6 is 11.3 Å². The molecule has 1 saturated heterocycles. The number of piperidine rings is 1. The highest BCUT2D eigenvalue weighted by Gasteiger charge is 2.38. The van der Waals surface area contributed by atoms with E-state index in [-0.39, 0.29) is 17.9 Å². The Hall–Kier alpha value is -3.38. The van der Waals surface area contributed by atoms with Gasteiger partial charge in [0.25, 0.3) is 5.91 Å². The molecule has 3 aromatic rings. The van der Waals surface area contributed by atoms with Crippen molar-refractivity contribution in [3.05, 3.63) is 81.8 Å². The van der Waals surface area contributed by atoms with Gasteiger partial charge in [0.15, 0.2) is 0 Å². The summed E-state index contributed by atoms with van der Waals surface area (Å²) in [6.07, 6.45) is -2.17. The van der Waals surface area contributed by atoms with E-state index in [1.54, 1.807) is 22.3 Å². The number of pyridine rings is 1. The zero-order chi connectivity index (χ0) is 27.0. The number of hydrogen-bond acceptors (Lipinski definition) is 6. The largest absolute Gasteiger partial charge is 0.490 e. The molecule has 0 bridgehead atoms. The fourth-order valence-electron chi connectivity index (χ4n) is 3.91. The maximum Gasteiger partial charge on any atom is 0.490 e. The van der Waals surface area contributed by atoms with Gasteiger partial charge < -0.3 is 14.7 Å². The lowest BCUT2D eigenvalue weighted by Crippen LogP contribution is -2.47. The van der Waals surface area contributed by atoms with Crippen LogP contribution in [0.1, 0.15) is 33.0 Å². The van der Waals surface area contributed by atoms with Crippen molar-refractivity contribution in [2.75, 3.05) is 13.1 Å². The molecule has 7 nitrogen and oxygen atoms in total. The molecule has 12 heteroatoms. The summed E-state index contributed by atoms with van der Waals surface area (Å²) in [5.41, 5.74) is 2.49. The van der Waals surface area contributed by atoms with Gasteiger partial charge in [-0.25, -0.2) is 14.8 Å². The fraction of sp³-hybridized carbons (Fsp3) is 0.360. The Bertz CT molecular complexity index is 1190. The highest BCUT2D eigenvalue weighted by atomic mass is 32.1. The van der Waals surface area contributed by atoms with Crippen molar-refractivity contribution >= 4 is 23.2 Å². The number of aliphatic carboxylic acids is 1. The monoisotopic (exact) mass is 539 g/mol. The molecule has 2 atom stereocenters. The first kappa shape index (κ1) is 28.2. The zero-order valence-corrected chi connectivity index (χ0v) is 20.6. The second-order valence-electron chi connectivity index (χ2n) is 8.37. The first-order chi connectivity index (χ1) is 17.5. The van der Waals surface area contributed by atoms with Gasteiger partial charge >= 0.3 is 12.1 Å². The number of aryl methyl sites for hydroxylation is 1. The molecular weight excluding hydrogens is 514 g/mol. The van der Waals surface area contributed by atoms with Crippen molar-refractivity contribution in [1.29, 1.82) is 0 Å². The second-order valence-corrected chi connectivity index (χ2v) is 9.43. The smallest absolute Gasteiger partial charge is 0.475 e. The normalized spacial score (nSPS) is 17.6. The van der Waals surface area contributed by atoms with E-state index < -0.39 is 18.1 Å². The van der Waals surface area contributed by atoms with Crippen LogP contribution in [-0.2, 0) is 22.6 Å². The number of carbonyl (C=O) groups is 2. The third-order valence-corrected chi connectivity index (χ3v) is 6.44. The van der Waals surface area contributed by atoms with Crippen molar-refractivity contribution in [3.8, 4) is 0 Å². The average molecular weight is 540 g/mol. The Balaban J connectivity index is 0.000000479. The van der Waals surface area contributed by atoms with Gasteiger partial charge in [0.05, 0.1) is 23.4 Å². The number of likely N-dealkylation sites (tertiary alicyclic amines) is 1. The molecular formula is C25H25F4N3O4S. The van der Waals surface area contributed by atoms with Gasteiger partial charge in [-0.15, -0.1) is 11.3 Å². The molecule has 0 saturated carbocycles. The Morgan fingerprint density at radius 1 is 1.22 bits per heavy atom. The Morgan fingerprint density at radius 3 is 2.51 bits per heavy atom. The van der Waals surface area contributed by atoms with Gasteiger partial charge in [0, 0.05) is 42.2 Å². The van der Waals surface area contributed by atoms with Gasteiger partial charge in [-0.05, 0) is 31.4 Å². The van der Waals surface area contributed by atoms with E-state index in [2.05, 4.69) is 22.1 Å². The van der Waals surface area contributed by atoms with Gasteiger partial charge in [0.1, 0.15) is 0 Å². The minimum atomic E-state index is -5.08. The standard InChI is InChI=1S/C23H24FN3O2S.C2HF3O2/c1-16-26-20(15-30-16)14-29-21-8-10-27(23(28)18-7-9-25-22(24)12-18)13-19(21)11-17-5-3-2-4-6-17;3-2(4,5)1(6)7/h2-7,9,12,15,19,21H,8,10-11,13-14H2,1H3;(H,6,7)/t19-,21-;/m1./s1. The fourth-order valence-corrected chi connectivity index (χ4v) is 4.51. The van der Waals surface area contributed by atoms with Crippen molar-refractivity contribution in [2.24, 2.45) is 5.92 Å². The zero-order valence-electron chi connectivity index (χ0n) is 19.8. The molecule has 1 fully saturated rings. The van der Waals surface area contributed by atoms with Crippen LogP contribution in [0.3, 0.4) is 0 Å². The van der Waals surface area contributed by atoms with Gasteiger partial charge in [-0.1, -0.05) is 30.3 Å². The highest BCUT2D eigenvalue weighted by Crippen LogP contribution is 2.26. The number of hydrogen-bond donors (Lipinski definition) is 1. The van der Waals surface area contributed by atoms with Crippen LogP contribution in [0, 0.1) is 18.8 Å². The van der Waals surface area contributed by atoms with Crippen LogP contribution in [0.4, 0.5) is 17.6 Å². The van der Waals surface area contributed by atoms with Gasteiger partial charge in [0.2, 0.25) is 5.95 Å². The lowest BCUT2D eigenvalue weighted by Gasteiger charge is -2.38. The molecule has 37 heavy (non-hydrogen) atoms. The van der Waals surface area contributed by atoms with Crippen molar-refractivity contribution < 1.29 is 37.0 Å². The number of nitrogens with zero attached hydrogens (tertiary/aromatic N) is 3. The van der Waals surface area contributed by atoms with Crippen LogP contribution < -0.4 is 0 Å². The Morgan fingerprint density at radius 2 is 1.92 bits per heavy atom. The van der Waals surface area contributed by atoms with E-state index >= 15 is 0 Å². The topological polar surface area (TPSA) is 92.6 Å². The summed E-state index contributed by atoms with van der Waals surface area (Å²) in [5.74, 6) is -3.41. The molecule has 1 N–H and O–H groups in total. The molecule has 1 amide bonds. The predicted molar refractivity (Wildman–Crippen MR) is 127 cm³/mol. The molecule has 0 spiro atoms. The molecule has 2 aromatic heterocycles. The van der Waals surface area contributed by atoms with Gasteiger partial charge in [-0.3, -0.25) is 4.79 Å². The maximum absolute atomic E-state index is 13.5. The molecule has 198 valence electrons. The predicted octanol–water partition coefficient (Wildman–Crippen LogP) is 4.91. The minimum Gasteiger partial charge on any atom is -0.475 e. The molecule has 1 aromatic carbocycles. The average Bonchev–Trinajstić information content (AvgIpc) is 3.28. The van der Waals surface area contributed by atoms with Crippen molar-refractivity contribution in [2.45, 2.75) is 38.7 Å². The second kappa shape index (κ2) is 12.7. The summed E-state index contributed by atoms with van der Waals surface area (Å²) in [4.78, 5) is 31.6. The summed E-state index contributed by atoms with van der Waals surface area (Å²) < 4.78 is 51.5. The minimum absolute atomic E-state index is 0.0328. The molecule has 4 rings (SSSR count). The van der Waals surface area contributed by atoms with E-state index in [1.807, 2.05) is 30.5 Å². The summed E-state index contributed by atoms with van der Waals surface area (Å²) >= 11 is 1.62. The molecule has 0 unspecified atom stereocenters. The van der Waals surface area contributed by atoms with Crippen LogP contribution in [0.5, 0.6) is 0 Å². The number of ether oxygens (including phenoxy) is 1. The van der Waals surface area contributed by atoms with E-state index in [1.165, 1.54) is 17.8 Å². The first-order valence-corrected chi connectivity index (χ1v) is 12.2. The van der Waals surface area contributed by atoms with Crippen molar-refractivity contribution in [1.82, 2.24) is 14.9 Å². The quantitative estimate of drug-likeness (QED) is 0.354. The summed E-state index contributed by atoms with van der Waals surface area (Å²) in [6.45, 7) is 3.61. The summed E-state index contributed by atoms with van der Waals surface area (Å²) in [6, 6.07) is 13.0. The number of carboxylic acids is 1. The molecule has 0 aliphatic carbocycles. The summed E-state index contributed by atoms with van der Waals surface area (Å²) in [5, 5.41) is 10.2. The number of alkyl halides is 3. The van der Waals surface area contributed by atoms with E-state index in [9.17, 15) is 22.4 Å². The number of carboxylic acid groups (broad SMARTS) is 1. The van der Waals surface area contributed by atoms with Crippen LogP contribution in [0.2, 0.25) is 0 Å². The number of halogens is 4. The van der Waals surface area contributed by atoms with Gasteiger partial charge in [-0.2, -0.15) is 17.6 Å². The highest BCUT2D eigenvalue weighted by molar-refractivity contribution is 7.09. The Kier molecular flexibility index (Phi) is 9.70. The van der Waals surface area contributed by atoms with Crippen LogP contribution in [-0.4, -0.2) is 57.2 Å². The number of amides is 1. The van der Waals surface area contributed by atoms with E-state index in [4.69, 9.17) is 14.6 Å². The van der Waals surface area contributed by atoms with E-state index in [0.717, 1.165) is 23.5 Å². The molecule has 1 aliphatic rings. The maximum atomic E-state index is 13.5. The lowest BCUT2D eigenvalue weighted by molar-refractivity contribution is -0.192. The molecule has 1 aliphatic heterocycles. The molecule has 0 radical (unpaired) electrons. The number of thiazole rings is 1. The molecule has 3 heterocycles.